The molecule has 30 heteroatoms. The van der Waals surface area contributed by atoms with Gasteiger partial charge in [-0.15, -0.1) is 0 Å². The van der Waals surface area contributed by atoms with Gasteiger partial charge in [0.1, 0.15) is 42.7 Å². The topological polar surface area (TPSA) is 343 Å². The van der Waals surface area contributed by atoms with Crippen LogP contribution in [0.2, 0.25) is 0 Å². The van der Waals surface area contributed by atoms with Crippen LogP contribution < -0.4 is 118 Å². The Hall–Kier alpha value is 3.24. The molecule has 0 spiro atoms. The molecule has 0 saturated carbocycles. The summed E-state index contributed by atoms with van der Waals surface area (Å²) in [5, 5.41) is 21.3. The van der Waals surface area contributed by atoms with Gasteiger partial charge in [-0.25, -0.2) is 33.7 Å². The van der Waals surface area contributed by atoms with Gasteiger partial charge in [-0.3, -0.25) is 16.7 Å². The van der Waals surface area contributed by atoms with Gasteiger partial charge in [0.15, 0.2) is 12.4 Å². The molecule has 10 atom stereocenters. The Labute approximate surface area is 341 Å². The van der Waals surface area contributed by atoms with E-state index < -0.39 is 116 Å². The van der Waals surface area contributed by atoms with E-state index in [2.05, 4.69) is 16.7 Å². The molecule has 0 radical (unpaired) electrons. The molecular formula is C14H22Na4O22S4. The summed E-state index contributed by atoms with van der Waals surface area (Å²) in [6.07, 6.45) is -20.7. The molecule has 0 aromatic heterocycles. The first-order valence-electron chi connectivity index (χ1n) is 10.4. The number of rotatable bonds is 13. The molecule has 2 N–H and O–H groups in total. The minimum absolute atomic E-state index is 0. The molecule has 2 fully saturated rings. The number of hydrogen-bond acceptors (Lipinski definition) is 22. The van der Waals surface area contributed by atoms with E-state index in [0.29, 0.717) is 0 Å². The minimum atomic E-state index is -5.70. The van der Waals surface area contributed by atoms with Crippen molar-refractivity contribution < 1.29 is 216 Å². The summed E-state index contributed by atoms with van der Waals surface area (Å²) in [5.74, 6) is 0. The number of ether oxygens (including phenoxy) is 4. The third-order valence-electron chi connectivity index (χ3n) is 5.28. The summed E-state index contributed by atoms with van der Waals surface area (Å²) in [6, 6.07) is 0. The fourth-order valence-corrected chi connectivity index (χ4v) is 5.43. The van der Waals surface area contributed by atoms with E-state index >= 15 is 0 Å². The fraction of sp³-hybridized carbons (Fsp3) is 1.00. The predicted octanol–water partition coefficient (Wildman–Crippen LogP) is -17.7. The average Bonchev–Trinajstić information content (AvgIpc) is 2.75. The molecule has 2 heterocycles. The van der Waals surface area contributed by atoms with Crippen molar-refractivity contribution >= 4 is 41.6 Å². The summed E-state index contributed by atoms with van der Waals surface area (Å²) >= 11 is 0. The first kappa shape index (κ1) is 51.6. The van der Waals surface area contributed by atoms with E-state index in [1.54, 1.807) is 0 Å². The molecule has 0 aromatic carbocycles. The van der Waals surface area contributed by atoms with Gasteiger partial charge in [-0.2, -0.15) is 0 Å². The number of aliphatic hydroxyl groups is 2. The van der Waals surface area contributed by atoms with Crippen LogP contribution in [0.25, 0.3) is 0 Å². The zero-order chi connectivity index (χ0) is 30.8. The summed E-state index contributed by atoms with van der Waals surface area (Å²) in [6.45, 7) is -1.43. The maximum Gasteiger partial charge on any atom is 1.00 e. The number of aliphatic hydroxyl groups excluding tert-OH is 2. The van der Waals surface area contributed by atoms with Gasteiger partial charge in [0, 0.05) is 7.11 Å². The van der Waals surface area contributed by atoms with Crippen LogP contribution in [0.15, 0.2) is 0 Å². The monoisotopic (exact) mass is 762 g/mol. The molecule has 5 unspecified atom stereocenters. The van der Waals surface area contributed by atoms with Crippen LogP contribution in [-0.4, -0.2) is 144 Å². The molecule has 22 nitrogen and oxygen atoms in total. The van der Waals surface area contributed by atoms with Gasteiger partial charge in [0.05, 0.1) is 19.3 Å². The molecule has 0 amide bonds. The standard InChI is InChI=1S/C14H26O22S4.4Na/c1-5-10(35-39(23,24)25)8(15)12(7(32-5)4-31-38(20,21)22)34-14-13(36-40(26,27)28)9(16)11(29-2)6(33-14)3-30-37(17,18)19;;;;/h5-16H,3-4H2,1-2H3,(H,17,18,19)(H,20,21,22)(H,23,24,25)(H,26,27,28);;;;/q;4*+1/p-4/t5-,6?,7?,8?,9-,10?,11+,12+,13?,14-;;;;/m0..../s1. The van der Waals surface area contributed by atoms with Crippen LogP contribution in [-0.2, 0) is 77.3 Å². The van der Waals surface area contributed by atoms with Crippen LogP contribution in [0.4, 0.5) is 0 Å². The van der Waals surface area contributed by atoms with Gasteiger partial charge >= 0.3 is 118 Å². The van der Waals surface area contributed by atoms with Crippen molar-refractivity contribution in [3.05, 3.63) is 0 Å². The van der Waals surface area contributed by atoms with Crippen LogP contribution in [0.3, 0.4) is 0 Å². The molecule has 44 heavy (non-hydrogen) atoms. The second kappa shape index (κ2) is 20.9. The summed E-state index contributed by atoms with van der Waals surface area (Å²) in [4.78, 5) is 0. The molecule has 238 valence electrons. The fourth-order valence-electron chi connectivity index (χ4n) is 3.81. The predicted molar refractivity (Wildman–Crippen MR) is 111 cm³/mol. The van der Waals surface area contributed by atoms with Crippen molar-refractivity contribution in [2.75, 3.05) is 20.3 Å². The Morgan fingerprint density at radius 3 is 1.39 bits per heavy atom. The van der Waals surface area contributed by atoms with E-state index in [0.717, 1.165) is 14.0 Å². The summed E-state index contributed by atoms with van der Waals surface area (Å²) < 4.78 is 170. The molecule has 2 rings (SSSR count). The average molecular weight is 763 g/mol. The Morgan fingerprint density at radius 2 is 1.00 bits per heavy atom. The molecule has 2 aliphatic rings. The molecule has 0 bridgehead atoms. The van der Waals surface area contributed by atoms with Crippen LogP contribution >= 0.6 is 0 Å². The van der Waals surface area contributed by atoms with Gasteiger partial charge in [-0.05, 0) is 6.92 Å². The maximum atomic E-state index is 11.3. The quantitative estimate of drug-likeness (QED) is 0.0999. The first-order valence-corrected chi connectivity index (χ1v) is 15.7. The van der Waals surface area contributed by atoms with Gasteiger partial charge < -0.3 is 47.4 Å². The molecule has 2 aliphatic heterocycles. The first-order chi connectivity index (χ1) is 18.0. The smallest absolute Gasteiger partial charge is 0.726 e. The Morgan fingerprint density at radius 1 is 0.614 bits per heavy atom. The largest absolute Gasteiger partial charge is 1.00 e. The molecule has 2 saturated heterocycles. The number of hydrogen-bond donors (Lipinski definition) is 2. The van der Waals surface area contributed by atoms with E-state index in [9.17, 15) is 62.1 Å². The Balaban J connectivity index is -0.00000420. The second-order valence-corrected chi connectivity index (χ2v) is 12.2. The molecular weight excluding hydrogens is 740 g/mol. The summed E-state index contributed by atoms with van der Waals surface area (Å²) in [7, 11) is -21.2. The Kier molecular flexibility index (Phi) is 24.6. The van der Waals surface area contributed by atoms with Crippen LogP contribution in [0.1, 0.15) is 6.92 Å². The van der Waals surface area contributed by atoms with Crippen molar-refractivity contribution in [2.45, 2.75) is 68.1 Å². The maximum absolute atomic E-state index is 11.3. The molecule has 0 aliphatic carbocycles. The summed E-state index contributed by atoms with van der Waals surface area (Å²) in [5.41, 5.74) is 0. The zero-order valence-electron chi connectivity index (χ0n) is 23.9. The third kappa shape index (κ3) is 17.4. The van der Waals surface area contributed by atoms with E-state index in [1.807, 2.05) is 0 Å². The second-order valence-electron chi connectivity index (χ2n) is 8.03. The van der Waals surface area contributed by atoms with E-state index in [1.165, 1.54) is 0 Å². The van der Waals surface area contributed by atoms with Gasteiger partial charge in [0.25, 0.3) is 0 Å². The van der Waals surface area contributed by atoms with E-state index in [4.69, 9.17) is 18.9 Å². The van der Waals surface area contributed by atoms with Gasteiger partial charge in [-0.1, -0.05) is 0 Å². The molecule has 0 aromatic rings. The van der Waals surface area contributed by atoms with Crippen LogP contribution in [0.5, 0.6) is 0 Å². The van der Waals surface area contributed by atoms with Crippen molar-refractivity contribution in [3.8, 4) is 0 Å². The Bertz CT molecular complexity index is 1290. The van der Waals surface area contributed by atoms with Crippen molar-refractivity contribution in [1.29, 1.82) is 0 Å². The minimum Gasteiger partial charge on any atom is -0.726 e. The van der Waals surface area contributed by atoms with Gasteiger partial charge in [0.2, 0.25) is 41.6 Å². The van der Waals surface area contributed by atoms with Crippen molar-refractivity contribution in [3.63, 3.8) is 0 Å². The zero-order valence-corrected chi connectivity index (χ0v) is 35.1. The van der Waals surface area contributed by atoms with E-state index in [-0.39, 0.29) is 118 Å². The van der Waals surface area contributed by atoms with Crippen molar-refractivity contribution in [1.82, 2.24) is 0 Å². The van der Waals surface area contributed by atoms with Crippen LogP contribution in [0, 0.1) is 0 Å². The van der Waals surface area contributed by atoms with Crippen molar-refractivity contribution in [2.24, 2.45) is 0 Å². The normalized spacial score (nSPS) is 33.1. The SMILES string of the molecule is CO[C@@H]1C(COS(=O)(=O)[O-])O[C@@H](O[C@@H]2C(COS(=O)(=O)[O-])O[C@@H](C)C(OS(=O)(=O)[O-])C2O)C(OS(=O)(=O)[O-])[C@H]1O.[Na+].[Na+].[Na+].[Na+]. The third-order valence-corrected chi connectivity index (χ3v) is 7.05. The number of methoxy groups -OCH3 is 1.